The first-order valence-electron chi connectivity index (χ1n) is 8.40. The number of hydrogen-bond donors (Lipinski definition) is 2. The number of anilines is 1. The van der Waals surface area contributed by atoms with E-state index in [1.54, 1.807) is 6.07 Å². The van der Waals surface area contributed by atoms with Crippen LogP contribution in [0.2, 0.25) is 0 Å². The summed E-state index contributed by atoms with van der Waals surface area (Å²) in [5, 5.41) is 2.66. The number of halogens is 3. The molecule has 8 heteroatoms. The summed E-state index contributed by atoms with van der Waals surface area (Å²) in [6.45, 7) is 3.15. The van der Waals surface area contributed by atoms with Gasteiger partial charge in [-0.05, 0) is 31.7 Å². The van der Waals surface area contributed by atoms with E-state index in [-0.39, 0.29) is 23.4 Å². The molecule has 0 aliphatic rings. The zero-order valence-electron chi connectivity index (χ0n) is 15.2. The number of hydrogen-bond acceptors (Lipinski definition) is 3. The van der Waals surface area contributed by atoms with E-state index >= 15 is 0 Å². The van der Waals surface area contributed by atoms with Crippen LogP contribution in [0, 0.1) is 0 Å². The molecule has 2 rings (SSSR count). The molecule has 1 atom stereocenters. The van der Waals surface area contributed by atoms with Gasteiger partial charge < -0.3 is 15.8 Å². The minimum Gasteiger partial charge on any atom is -0.404 e. The van der Waals surface area contributed by atoms with E-state index in [1.165, 1.54) is 23.8 Å². The lowest BCUT2D eigenvalue weighted by Gasteiger charge is -2.23. The second kappa shape index (κ2) is 9.27. The Morgan fingerprint density at radius 2 is 1.78 bits per heavy atom. The molecule has 0 fully saturated rings. The van der Waals surface area contributed by atoms with Gasteiger partial charge in [0.2, 0.25) is 0 Å². The Bertz CT molecular complexity index is 750. The second-order valence-corrected chi connectivity index (χ2v) is 6.14. The molecule has 1 unspecified atom stereocenters. The summed E-state index contributed by atoms with van der Waals surface area (Å²) in [4.78, 5) is 6.34. The Kier molecular flexibility index (Phi) is 7.06. The van der Waals surface area contributed by atoms with Crippen molar-refractivity contribution in [1.82, 2.24) is 4.90 Å². The molecule has 3 N–H and O–H groups in total. The number of alkyl halides is 3. The van der Waals surface area contributed by atoms with Crippen molar-refractivity contribution in [2.45, 2.75) is 25.9 Å². The van der Waals surface area contributed by atoms with E-state index < -0.39 is 6.36 Å². The van der Waals surface area contributed by atoms with E-state index in [2.05, 4.69) is 19.9 Å². The van der Waals surface area contributed by atoms with Gasteiger partial charge >= 0.3 is 6.36 Å². The van der Waals surface area contributed by atoms with Gasteiger partial charge in [0.25, 0.3) is 0 Å². The van der Waals surface area contributed by atoms with Crippen molar-refractivity contribution in [1.29, 1.82) is 0 Å². The van der Waals surface area contributed by atoms with E-state index in [4.69, 9.17) is 5.73 Å². The quantitative estimate of drug-likeness (QED) is 0.566. The lowest BCUT2D eigenvalue weighted by atomic mass is 10.2. The van der Waals surface area contributed by atoms with Crippen LogP contribution in [0.1, 0.15) is 12.5 Å². The Morgan fingerprint density at radius 1 is 1.15 bits per heavy atom. The van der Waals surface area contributed by atoms with Crippen molar-refractivity contribution in [2.75, 3.05) is 18.9 Å². The summed E-state index contributed by atoms with van der Waals surface area (Å²) in [5.41, 5.74) is 7.10. The number of nitrogens with one attached hydrogen (secondary N) is 1. The van der Waals surface area contributed by atoms with Crippen molar-refractivity contribution >= 4 is 11.6 Å². The molecular weight excluding hydrogens is 357 g/mol. The molecule has 0 saturated heterocycles. The van der Waals surface area contributed by atoms with E-state index in [0.717, 1.165) is 6.54 Å². The van der Waals surface area contributed by atoms with Gasteiger partial charge in [-0.2, -0.15) is 0 Å². The highest BCUT2D eigenvalue weighted by Gasteiger charge is 2.32. The number of guanidine groups is 1. The SMILES string of the molecule is CC(CN=C(N)Nc1ccccc1OC(F)(F)F)N(C)Cc1ccccc1. The molecule has 2 aromatic rings. The fraction of sp³-hybridized carbons (Fsp3) is 0.316. The fourth-order valence-corrected chi connectivity index (χ4v) is 2.36. The normalized spacial score (nSPS) is 13.5. The maximum Gasteiger partial charge on any atom is 0.573 e. The molecule has 0 radical (unpaired) electrons. The number of rotatable bonds is 7. The molecule has 0 saturated carbocycles. The van der Waals surface area contributed by atoms with Gasteiger partial charge in [-0.3, -0.25) is 9.89 Å². The molecule has 0 aromatic heterocycles. The minimum atomic E-state index is -4.78. The highest BCUT2D eigenvalue weighted by Crippen LogP contribution is 2.29. The molecule has 146 valence electrons. The van der Waals surface area contributed by atoms with Gasteiger partial charge in [-0.15, -0.1) is 13.2 Å². The largest absolute Gasteiger partial charge is 0.573 e. The van der Waals surface area contributed by atoms with Gasteiger partial charge in [0.15, 0.2) is 11.7 Å². The maximum absolute atomic E-state index is 12.5. The van der Waals surface area contributed by atoms with Crippen LogP contribution in [-0.2, 0) is 6.54 Å². The fourth-order valence-electron chi connectivity index (χ4n) is 2.36. The average Bonchev–Trinajstić information content (AvgIpc) is 2.61. The summed E-state index contributed by atoms with van der Waals surface area (Å²) >= 11 is 0. The second-order valence-electron chi connectivity index (χ2n) is 6.14. The first-order valence-corrected chi connectivity index (χ1v) is 8.40. The van der Waals surface area contributed by atoms with E-state index in [9.17, 15) is 13.2 Å². The smallest absolute Gasteiger partial charge is 0.404 e. The minimum absolute atomic E-state index is 0.0215. The summed E-state index contributed by atoms with van der Waals surface area (Å²) in [6, 6.07) is 15.8. The Morgan fingerprint density at radius 3 is 2.44 bits per heavy atom. The van der Waals surface area contributed by atoms with Crippen molar-refractivity contribution in [2.24, 2.45) is 10.7 Å². The summed E-state index contributed by atoms with van der Waals surface area (Å²) in [7, 11) is 1.98. The Balaban J connectivity index is 1.94. The molecule has 2 aromatic carbocycles. The van der Waals surface area contributed by atoms with E-state index in [1.807, 2.05) is 44.3 Å². The van der Waals surface area contributed by atoms with Crippen LogP contribution in [0.4, 0.5) is 18.9 Å². The third kappa shape index (κ3) is 7.18. The zero-order chi connectivity index (χ0) is 19.9. The summed E-state index contributed by atoms with van der Waals surface area (Å²) in [6.07, 6.45) is -4.78. The zero-order valence-corrected chi connectivity index (χ0v) is 15.2. The molecule has 27 heavy (non-hydrogen) atoms. The van der Waals surface area contributed by atoms with Gasteiger partial charge in [0.1, 0.15) is 0 Å². The van der Waals surface area contributed by atoms with Crippen LogP contribution in [0.25, 0.3) is 0 Å². The third-order valence-corrected chi connectivity index (χ3v) is 3.93. The monoisotopic (exact) mass is 380 g/mol. The first-order chi connectivity index (χ1) is 12.7. The average molecular weight is 380 g/mol. The van der Waals surface area contributed by atoms with Crippen LogP contribution in [0.15, 0.2) is 59.6 Å². The van der Waals surface area contributed by atoms with Gasteiger partial charge in [0, 0.05) is 12.6 Å². The molecule has 0 spiro atoms. The predicted molar refractivity (Wildman–Crippen MR) is 101 cm³/mol. The molecule has 0 bridgehead atoms. The summed E-state index contributed by atoms with van der Waals surface area (Å²) < 4.78 is 41.4. The number of nitrogens with zero attached hydrogens (tertiary/aromatic N) is 2. The predicted octanol–water partition coefficient (Wildman–Crippen LogP) is 3.83. The number of benzene rings is 2. The van der Waals surface area contributed by atoms with Crippen LogP contribution < -0.4 is 15.8 Å². The van der Waals surface area contributed by atoms with Crippen LogP contribution in [0.3, 0.4) is 0 Å². The Hall–Kier alpha value is -2.74. The third-order valence-electron chi connectivity index (χ3n) is 3.93. The molecule has 5 nitrogen and oxygen atoms in total. The van der Waals surface area contributed by atoms with Crippen molar-refractivity contribution in [3.05, 3.63) is 60.2 Å². The Labute approximate surface area is 156 Å². The number of nitrogens with two attached hydrogens (primary N) is 1. The standard InChI is InChI=1S/C19H23F3N4O/c1-14(26(2)13-15-8-4-3-5-9-15)12-24-18(23)25-16-10-6-7-11-17(16)27-19(20,21)22/h3-11,14H,12-13H2,1-2H3,(H3,23,24,25). The van der Waals surface area contributed by atoms with Crippen LogP contribution >= 0.6 is 0 Å². The molecular formula is C19H23F3N4O. The van der Waals surface area contributed by atoms with Gasteiger partial charge in [0.05, 0.1) is 12.2 Å². The molecule has 0 aliphatic heterocycles. The molecule has 0 heterocycles. The van der Waals surface area contributed by atoms with Crippen molar-refractivity contribution < 1.29 is 17.9 Å². The van der Waals surface area contributed by atoms with Crippen LogP contribution in [-0.4, -0.2) is 36.9 Å². The van der Waals surface area contributed by atoms with E-state index in [0.29, 0.717) is 6.54 Å². The van der Waals surface area contributed by atoms with Gasteiger partial charge in [-0.1, -0.05) is 42.5 Å². The topological polar surface area (TPSA) is 62.9 Å². The molecule has 0 amide bonds. The molecule has 0 aliphatic carbocycles. The number of para-hydroxylation sites is 2. The highest BCUT2D eigenvalue weighted by atomic mass is 19.4. The first kappa shape index (κ1) is 20.6. The lowest BCUT2D eigenvalue weighted by molar-refractivity contribution is -0.274. The maximum atomic E-state index is 12.5. The lowest BCUT2D eigenvalue weighted by Crippen LogP contribution is -2.33. The van der Waals surface area contributed by atoms with Crippen molar-refractivity contribution in [3.63, 3.8) is 0 Å². The number of ether oxygens (including phenoxy) is 1. The van der Waals surface area contributed by atoms with Crippen molar-refractivity contribution in [3.8, 4) is 5.75 Å². The summed E-state index contributed by atoms with van der Waals surface area (Å²) in [5.74, 6) is -0.342. The highest BCUT2D eigenvalue weighted by molar-refractivity contribution is 5.93. The van der Waals surface area contributed by atoms with Gasteiger partial charge in [-0.25, -0.2) is 0 Å². The number of aliphatic imine (C=N–C) groups is 1. The van der Waals surface area contributed by atoms with Crippen LogP contribution in [0.5, 0.6) is 5.75 Å². The number of likely N-dealkylation sites (N-methyl/N-ethyl adjacent to an activating group) is 1.